The van der Waals surface area contributed by atoms with Crippen LogP contribution in [0.25, 0.3) is 0 Å². The van der Waals surface area contributed by atoms with Gasteiger partial charge in [-0.3, -0.25) is 0 Å². The molecule has 8 heteroatoms. The van der Waals surface area contributed by atoms with Crippen molar-refractivity contribution in [2.45, 2.75) is 64.8 Å². The van der Waals surface area contributed by atoms with Crippen LogP contribution in [0.2, 0.25) is 0 Å². The second-order valence-electron chi connectivity index (χ2n) is 7.97. The molecule has 3 rings (SSSR count). The number of aliphatic hydroxyl groups is 1. The predicted octanol–water partition coefficient (Wildman–Crippen LogP) is 2.88. The molecule has 144 valence electrons. The highest BCUT2D eigenvalue weighted by Crippen LogP contribution is 2.38. The highest BCUT2D eigenvalue weighted by atomic mass is 19.3. The lowest BCUT2D eigenvalue weighted by molar-refractivity contribution is 0.0191. The molecule has 2 aliphatic heterocycles. The summed E-state index contributed by atoms with van der Waals surface area (Å²) in [7, 11) is 0. The van der Waals surface area contributed by atoms with Gasteiger partial charge in [0.05, 0.1) is 12.6 Å². The van der Waals surface area contributed by atoms with Crippen LogP contribution < -0.4 is 4.90 Å². The Labute approximate surface area is 151 Å². The van der Waals surface area contributed by atoms with Crippen LogP contribution in [0.15, 0.2) is 6.07 Å². The maximum absolute atomic E-state index is 13.3. The zero-order valence-electron chi connectivity index (χ0n) is 15.5. The molecule has 0 spiro atoms. The number of ether oxygens (including phenoxy) is 1. The highest BCUT2D eigenvalue weighted by molar-refractivity contribution is 5.69. The molecule has 1 aromatic heterocycles. The summed E-state index contributed by atoms with van der Waals surface area (Å²) < 4.78 is 32.0. The van der Waals surface area contributed by atoms with Crippen LogP contribution >= 0.6 is 0 Å². The molecule has 0 radical (unpaired) electrons. The lowest BCUT2D eigenvalue weighted by atomic mass is 10.1. The Morgan fingerprint density at radius 1 is 1.42 bits per heavy atom. The lowest BCUT2D eigenvalue weighted by Crippen LogP contribution is -2.58. The molecule has 0 bridgehead atoms. The fraction of sp³-hybridized carbons (Fsp3) is 0.667. The molecule has 3 heterocycles. The van der Waals surface area contributed by atoms with Crippen LogP contribution in [0.3, 0.4) is 0 Å². The van der Waals surface area contributed by atoms with E-state index in [1.54, 1.807) is 11.0 Å². The van der Waals surface area contributed by atoms with E-state index < -0.39 is 18.6 Å². The van der Waals surface area contributed by atoms with Gasteiger partial charge < -0.3 is 19.6 Å². The average molecular weight is 369 g/mol. The van der Waals surface area contributed by atoms with Crippen molar-refractivity contribution in [3.63, 3.8) is 0 Å². The Bertz CT molecular complexity index is 706. The summed E-state index contributed by atoms with van der Waals surface area (Å²) in [5.74, 6) is 0.541. The molecule has 0 aromatic carbocycles. The number of rotatable bonds is 2. The molecule has 0 aliphatic carbocycles. The summed E-state index contributed by atoms with van der Waals surface area (Å²) in [6.07, 6.45) is -2.50. The monoisotopic (exact) mass is 369 g/mol. The van der Waals surface area contributed by atoms with E-state index in [0.29, 0.717) is 25.3 Å². The third-order valence-corrected chi connectivity index (χ3v) is 4.70. The summed E-state index contributed by atoms with van der Waals surface area (Å²) in [5.41, 5.74) is 0.0603. The zero-order valence-corrected chi connectivity index (χ0v) is 15.5. The number of halogens is 2. The van der Waals surface area contributed by atoms with Crippen molar-refractivity contribution in [2.75, 3.05) is 18.0 Å². The number of pyridine rings is 1. The van der Waals surface area contributed by atoms with Crippen LogP contribution in [-0.2, 0) is 17.8 Å². The number of carbonyl (C=O) groups excluding carboxylic acids is 1. The van der Waals surface area contributed by atoms with Crippen molar-refractivity contribution in [2.24, 2.45) is 0 Å². The summed E-state index contributed by atoms with van der Waals surface area (Å²) in [4.78, 5) is 20.3. The first kappa shape index (κ1) is 18.8. The average Bonchev–Trinajstić information content (AvgIpc) is 2.89. The molecule has 1 saturated heterocycles. The van der Waals surface area contributed by atoms with Crippen molar-refractivity contribution < 1.29 is 23.4 Å². The van der Waals surface area contributed by atoms with E-state index in [0.717, 1.165) is 5.56 Å². The summed E-state index contributed by atoms with van der Waals surface area (Å²) in [6.45, 7) is 7.84. The van der Waals surface area contributed by atoms with E-state index in [2.05, 4.69) is 4.98 Å². The summed E-state index contributed by atoms with van der Waals surface area (Å²) >= 11 is 0. The maximum Gasteiger partial charge on any atom is 0.410 e. The molecule has 1 N–H and O–H groups in total. The van der Waals surface area contributed by atoms with Crippen LogP contribution in [0.4, 0.5) is 19.4 Å². The number of aromatic nitrogens is 1. The highest BCUT2D eigenvalue weighted by Gasteiger charge is 2.42. The molecule has 1 aromatic rings. The Kier molecular flexibility index (Phi) is 4.81. The van der Waals surface area contributed by atoms with E-state index in [9.17, 15) is 18.7 Å². The van der Waals surface area contributed by atoms with Gasteiger partial charge in [-0.1, -0.05) is 0 Å². The fourth-order valence-corrected chi connectivity index (χ4v) is 3.75. The first-order valence-electron chi connectivity index (χ1n) is 8.78. The number of alkyl halides is 2. The van der Waals surface area contributed by atoms with Gasteiger partial charge in [0.25, 0.3) is 6.43 Å². The first-order chi connectivity index (χ1) is 12.1. The zero-order chi connectivity index (χ0) is 19.2. The number of anilines is 1. The number of hydrogen-bond donors (Lipinski definition) is 1. The number of amides is 1. The smallest absolute Gasteiger partial charge is 0.410 e. The van der Waals surface area contributed by atoms with Crippen LogP contribution in [0, 0.1) is 0 Å². The van der Waals surface area contributed by atoms with Gasteiger partial charge in [-0.25, -0.2) is 18.6 Å². The Morgan fingerprint density at radius 3 is 2.69 bits per heavy atom. The maximum atomic E-state index is 13.3. The molecular weight excluding hydrogens is 344 g/mol. The van der Waals surface area contributed by atoms with Gasteiger partial charge in [0.2, 0.25) is 0 Å². The van der Waals surface area contributed by atoms with Crippen LogP contribution in [-0.4, -0.2) is 51.9 Å². The van der Waals surface area contributed by atoms with Crippen molar-refractivity contribution in [1.82, 2.24) is 9.88 Å². The molecule has 2 aliphatic rings. The fourth-order valence-electron chi connectivity index (χ4n) is 3.75. The molecule has 1 amide bonds. The molecule has 2 atom stereocenters. The minimum atomic E-state index is -2.74. The van der Waals surface area contributed by atoms with E-state index in [1.165, 1.54) is 0 Å². The van der Waals surface area contributed by atoms with Crippen molar-refractivity contribution in [3.05, 3.63) is 22.9 Å². The van der Waals surface area contributed by atoms with Gasteiger partial charge in [-0.05, 0) is 45.7 Å². The van der Waals surface area contributed by atoms with Crippen molar-refractivity contribution >= 4 is 11.9 Å². The van der Waals surface area contributed by atoms with Gasteiger partial charge >= 0.3 is 6.09 Å². The molecule has 0 unspecified atom stereocenters. The van der Waals surface area contributed by atoms with E-state index in [-0.39, 0.29) is 29.4 Å². The first-order valence-corrected chi connectivity index (χ1v) is 8.78. The number of carbonyl (C=O) groups is 1. The third-order valence-electron chi connectivity index (χ3n) is 4.70. The SMILES string of the molecule is C[C@@H]1CN(C(=O)OC(C)(C)C)C[C@H]2Cc3cc(CO)c(C(F)F)nc3N21. The van der Waals surface area contributed by atoms with Gasteiger partial charge in [0.15, 0.2) is 0 Å². The minimum absolute atomic E-state index is 0.0340. The predicted molar refractivity (Wildman–Crippen MR) is 92.4 cm³/mol. The number of aliphatic hydroxyl groups excluding tert-OH is 1. The van der Waals surface area contributed by atoms with E-state index in [1.807, 2.05) is 32.6 Å². The van der Waals surface area contributed by atoms with Crippen molar-refractivity contribution in [1.29, 1.82) is 0 Å². The topological polar surface area (TPSA) is 65.9 Å². The van der Waals surface area contributed by atoms with Crippen molar-refractivity contribution in [3.8, 4) is 0 Å². The normalized spacial score (nSPS) is 22.5. The molecule has 1 fully saturated rings. The Morgan fingerprint density at radius 2 is 2.12 bits per heavy atom. The number of fused-ring (bicyclic) bond motifs is 3. The van der Waals surface area contributed by atoms with Crippen LogP contribution in [0.1, 0.15) is 50.9 Å². The van der Waals surface area contributed by atoms with E-state index >= 15 is 0 Å². The lowest BCUT2D eigenvalue weighted by Gasteiger charge is -2.43. The number of piperazine rings is 1. The molecular formula is C18H25F2N3O3. The standard InChI is InChI=1S/C18H25F2N3O3/c1-10-7-22(17(25)26-18(2,3)4)8-13-6-11-5-12(9-24)14(15(19)20)21-16(11)23(10)13/h5,10,13,15,24H,6-9H2,1-4H3/t10-,13-/m1/s1. The largest absolute Gasteiger partial charge is 0.444 e. The van der Waals surface area contributed by atoms with E-state index in [4.69, 9.17) is 4.74 Å². The quantitative estimate of drug-likeness (QED) is 0.868. The van der Waals surface area contributed by atoms with Gasteiger partial charge in [-0.15, -0.1) is 0 Å². The van der Waals surface area contributed by atoms with Gasteiger partial charge in [0, 0.05) is 24.7 Å². The molecule has 26 heavy (non-hydrogen) atoms. The molecule has 6 nitrogen and oxygen atoms in total. The molecule has 0 saturated carbocycles. The van der Waals surface area contributed by atoms with Crippen LogP contribution in [0.5, 0.6) is 0 Å². The minimum Gasteiger partial charge on any atom is -0.444 e. The number of nitrogens with zero attached hydrogens (tertiary/aromatic N) is 3. The summed E-state index contributed by atoms with van der Waals surface area (Å²) in [6, 6.07) is 1.51. The third kappa shape index (κ3) is 3.47. The second kappa shape index (κ2) is 6.64. The Balaban J connectivity index is 1.85. The number of hydrogen-bond acceptors (Lipinski definition) is 5. The van der Waals surface area contributed by atoms with Gasteiger partial charge in [-0.2, -0.15) is 0 Å². The Hall–Kier alpha value is -1.96. The van der Waals surface area contributed by atoms with Gasteiger partial charge in [0.1, 0.15) is 17.1 Å². The summed E-state index contributed by atoms with van der Waals surface area (Å²) in [5, 5.41) is 9.38. The second-order valence-corrected chi connectivity index (χ2v) is 7.97.